The van der Waals surface area contributed by atoms with Gasteiger partial charge in [-0.2, -0.15) is 0 Å². The summed E-state index contributed by atoms with van der Waals surface area (Å²) in [5.74, 6) is 0. The summed E-state index contributed by atoms with van der Waals surface area (Å²) in [5, 5.41) is 2.74. The predicted molar refractivity (Wildman–Crippen MR) is 50.4 cm³/mol. The molecule has 2 atom stereocenters. The largest absolute Gasteiger partial charge is 0.453 e. The highest BCUT2D eigenvalue weighted by atomic mass is 16.6. The van der Waals surface area contributed by atoms with E-state index in [1.807, 2.05) is 0 Å². The lowest BCUT2D eigenvalue weighted by molar-refractivity contribution is 0.142. The SMILES string of the molecule is COC(=O)NC1CCN2C(=O)OCC2C1. The maximum atomic E-state index is 11.2. The van der Waals surface area contributed by atoms with Crippen LogP contribution in [0, 0.1) is 0 Å². The van der Waals surface area contributed by atoms with Crippen LogP contribution in [-0.2, 0) is 9.47 Å². The molecule has 6 nitrogen and oxygen atoms in total. The second-order valence-electron chi connectivity index (χ2n) is 3.78. The van der Waals surface area contributed by atoms with Crippen molar-refractivity contribution in [1.29, 1.82) is 0 Å². The van der Waals surface area contributed by atoms with E-state index in [9.17, 15) is 9.59 Å². The molecule has 0 bridgehead atoms. The Labute approximate surface area is 87.5 Å². The van der Waals surface area contributed by atoms with Crippen LogP contribution in [0.4, 0.5) is 9.59 Å². The third kappa shape index (κ3) is 1.98. The van der Waals surface area contributed by atoms with Crippen LogP contribution in [0.1, 0.15) is 12.8 Å². The highest BCUT2D eigenvalue weighted by Gasteiger charge is 2.38. The van der Waals surface area contributed by atoms with Gasteiger partial charge in [0, 0.05) is 12.6 Å². The number of carbonyl (C=O) groups excluding carboxylic acids is 2. The van der Waals surface area contributed by atoms with Crippen molar-refractivity contribution in [2.45, 2.75) is 24.9 Å². The highest BCUT2D eigenvalue weighted by molar-refractivity contribution is 5.70. The van der Waals surface area contributed by atoms with Crippen molar-refractivity contribution in [3.63, 3.8) is 0 Å². The number of cyclic esters (lactones) is 1. The molecular formula is C9H14N2O4. The molecule has 1 N–H and O–H groups in total. The molecule has 0 aromatic carbocycles. The standard InChI is InChI=1S/C9H14N2O4/c1-14-8(12)10-6-2-3-11-7(4-6)5-15-9(11)13/h6-7H,2-5H2,1H3,(H,10,12). The predicted octanol–water partition coefficient (Wildman–Crippen LogP) is 0.326. The normalized spacial score (nSPS) is 29.4. The number of carbonyl (C=O) groups is 2. The maximum Gasteiger partial charge on any atom is 0.410 e. The lowest BCUT2D eigenvalue weighted by Crippen LogP contribution is -2.48. The Balaban J connectivity index is 1.88. The van der Waals surface area contributed by atoms with Crippen molar-refractivity contribution < 1.29 is 19.1 Å². The van der Waals surface area contributed by atoms with Crippen LogP contribution in [0.25, 0.3) is 0 Å². The summed E-state index contributed by atoms with van der Waals surface area (Å²) in [6.07, 6.45) is 0.830. The number of piperidine rings is 1. The molecule has 0 aliphatic carbocycles. The van der Waals surface area contributed by atoms with Crippen molar-refractivity contribution in [3.05, 3.63) is 0 Å². The summed E-state index contributed by atoms with van der Waals surface area (Å²) in [5.41, 5.74) is 0. The first kappa shape index (κ1) is 10.1. The maximum absolute atomic E-state index is 11.2. The van der Waals surface area contributed by atoms with Crippen LogP contribution >= 0.6 is 0 Å². The number of fused-ring (bicyclic) bond motifs is 1. The monoisotopic (exact) mass is 214 g/mol. The van der Waals surface area contributed by atoms with E-state index < -0.39 is 6.09 Å². The zero-order valence-electron chi connectivity index (χ0n) is 8.56. The van der Waals surface area contributed by atoms with Gasteiger partial charge in [-0.25, -0.2) is 9.59 Å². The van der Waals surface area contributed by atoms with E-state index in [0.717, 1.165) is 12.8 Å². The van der Waals surface area contributed by atoms with Gasteiger partial charge in [0.25, 0.3) is 0 Å². The smallest absolute Gasteiger partial charge is 0.410 e. The Kier molecular flexibility index (Phi) is 2.66. The third-order valence-corrected chi connectivity index (χ3v) is 2.86. The van der Waals surface area contributed by atoms with Crippen LogP contribution in [0.3, 0.4) is 0 Å². The number of nitrogens with one attached hydrogen (secondary N) is 1. The van der Waals surface area contributed by atoms with E-state index in [4.69, 9.17) is 4.74 Å². The number of rotatable bonds is 1. The van der Waals surface area contributed by atoms with E-state index in [1.54, 1.807) is 4.90 Å². The zero-order chi connectivity index (χ0) is 10.8. The average molecular weight is 214 g/mol. The van der Waals surface area contributed by atoms with E-state index in [-0.39, 0.29) is 18.2 Å². The van der Waals surface area contributed by atoms with Gasteiger partial charge in [-0.05, 0) is 12.8 Å². The topological polar surface area (TPSA) is 67.9 Å². The van der Waals surface area contributed by atoms with Crippen LogP contribution in [0.15, 0.2) is 0 Å². The Morgan fingerprint density at radius 2 is 2.47 bits per heavy atom. The highest BCUT2D eigenvalue weighted by Crippen LogP contribution is 2.23. The Hall–Kier alpha value is -1.46. The minimum atomic E-state index is -0.418. The molecule has 0 spiro atoms. The molecule has 0 saturated carbocycles. The fourth-order valence-electron chi connectivity index (χ4n) is 2.06. The number of nitrogens with zero attached hydrogens (tertiary/aromatic N) is 1. The van der Waals surface area contributed by atoms with Gasteiger partial charge in [-0.3, -0.25) is 0 Å². The molecule has 2 aliphatic heterocycles. The Bertz CT molecular complexity index is 281. The van der Waals surface area contributed by atoms with Crippen molar-refractivity contribution in [3.8, 4) is 0 Å². The molecule has 2 unspecified atom stereocenters. The van der Waals surface area contributed by atoms with Gasteiger partial charge in [0.05, 0.1) is 13.2 Å². The first-order valence-electron chi connectivity index (χ1n) is 4.98. The number of methoxy groups -OCH3 is 1. The fraction of sp³-hybridized carbons (Fsp3) is 0.778. The summed E-state index contributed by atoms with van der Waals surface area (Å²) < 4.78 is 9.45. The Morgan fingerprint density at radius 3 is 3.20 bits per heavy atom. The number of hydrogen-bond acceptors (Lipinski definition) is 4. The summed E-state index contributed by atoms with van der Waals surface area (Å²) in [4.78, 5) is 23.9. The van der Waals surface area contributed by atoms with Gasteiger partial charge in [0.2, 0.25) is 0 Å². The van der Waals surface area contributed by atoms with Gasteiger partial charge < -0.3 is 19.7 Å². The molecule has 6 heteroatoms. The van der Waals surface area contributed by atoms with Crippen molar-refractivity contribution >= 4 is 12.2 Å². The second kappa shape index (κ2) is 3.96. The zero-order valence-corrected chi connectivity index (χ0v) is 8.56. The van der Waals surface area contributed by atoms with Crippen LogP contribution < -0.4 is 5.32 Å². The summed E-state index contributed by atoms with van der Waals surface area (Å²) >= 11 is 0. The van der Waals surface area contributed by atoms with Crippen molar-refractivity contribution in [2.24, 2.45) is 0 Å². The minimum absolute atomic E-state index is 0.0770. The molecular weight excluding hydrogens is 200 g/mol. The molecule has 0 radical (unpaired) electrons. The molecule has 2 heterocycles. The van der Waals surface area contributed by atoms with Crippen LogP contribution in [0.2, 0.25) is 0 Å². The number of alkyl carbamates (subject to hydrolysis) is 1. The molecule has 15 heavy (non-hydrogen) atoms. The van der Waals surface area contributed by atoms with Gasteiger partial charge >= 0.3 is 12.2 Å². The Morgan fingerprint density at radius 1 is 1.67 bits per heavy atom. The minimum Gasteiger partial charge on any atom is -0.453 e. The summed E-state index contributed by atoms with van der Waals surface area (Å²) in [7, 11) is 1.34. The fourth-order valence-corrected chi connectivity index (χ4v) is 2.06. The first-order valence-corrected chi connectivity index (χ1v) is 4.98. The van der Waals surface area contributed by atoms with Crippen LogP contribution in [0.5, 0.6) is 0 Å². The molecule has 2 saturated heterocycles. The summed E-state index contributed by atoms with van der Waals surface area (Å²) in [6.45, 7) is 1.07. The molecule has 2 rings (SSSR count). The van der Waals surface area contributed by atoms with E-state index in [1.165, 1.54) is 7.11 Å². The molecule has 2 amide bonds. The van der Waals surface area contributed by atoms with Gasteiger partial charge in [-0.15, -0.1) is 0 Å². The molecule has 2 fully saturated rings. The quantitative estimate of drug-likeness (QED) is 0.682. The number of amides is 2. The molecule has 0 aromatic rings. The number of ether oxygens (including phenoxy) is 2. The van der Waals surface area contributed by atoms with Crippen molar-refractivity contribution in [1.82, 2.24) is 10.2 Å². The number of hydrogen-bond donors (Lipinski definition) is 1. The lowest BCUT2D eigenvalue weighted by Gasteiger charge is -2.32. The lowest BCUT2D eigenvalue weighted by atomic mass is 9.99. The van der Waals surface area contributed by atoms with Gasteiger partial charge in [-0.1, -0.05) is 0 Å². The average Bonchev–Trinajstić information content (AvgIpc) is 2.60. The van der Waals surface area contributed by atoms with E-state index in [0.29, 0.717) is 13.2 Å². The van der Waals surface area contributed by atoms with Crippen LogP contribution in [-0.4, -0.2) is 49.4 Å². The molecule has 0 aromatic heterocycles. The van der Waals surface area contributed by atoms with Gasteiger partial charge in [0.1, 0.15) is 6.61 Å². The van der Waals surface area contributed by atoms with Crippen molar-refractivity contribution in [2.75, 3.05) is 20.3 Å². The van der Waals surface area contributed by atoms with E-state index >= 15 is 0 Å². The van der Waals surface area contributed by atoms with Gasteiger partial charge in [0.15, 0.2) is 0 Å². The third-order valence-electron chi connectivity index (χ3n) is 2.86. The molecule has 2 aliphatic rings. The first-order chi connectivity index (χ1) is 7.20. The molecule has 84 valence electrons. The second-order valence-corrected chi connectivity index (χ2v) is 3.78. The van der Waals surface area contributed by atoms with E-state index in [2.05, 4.69) is 10.1 Å². The summed E-state index contributed by atoms with van der Waals surface area (Å²) in [6, 6.07) is 0.182.